The summed E-state index contributed by atoms with van der Waals surface area (Å²) in [4.78, 5) is 15.4. The smallest absolute Gasteiger partial charge is 0.170 e. The van der Waals surface area contributed by atoms with Crippen LogP contribution in [0.3, 0.4) is 0 Å². The minimum absolute atomic E-state index is 0.533. The number of imidazole rings is 1. The molecule has 2 aromatic heterocycles. The first-order valence-corrected chi connectivity index (χ1v) is 5.55. The number of hydrogen-bond acceptors (Lipinski definition) is 2. The average Bonchev–Trinajstić information content (AvgIpc) is 2.57. The monoisotopic (exact) mass is 216 g/mol. The summed E-state index contributed by atoms with van der Waals surface area (Å²) >= 11 is 0. The number of aldehydes is 1. The number of rotatable bonds is 3. The van der Waals surface area contributed by atoms with E-state index in [0.717, 1.165) is 29.6 Å². The third-order valence-corrected chi connectivity index (χ3v) is 2.67. The van der Waals surface area contributed by atoms with E-state index in [9.17, 15) is 4.79 Å². The van der Waals surface area contributed by atoms with Gasteiger partial charge in [-0.25, -0.2) is 4.98 Å². The minimum atomic E-state index is 0.533. The van der Waals surface area contributed by atoms with Gasteiger partial charge in [-0.05, 0) is 24.5 Å². The van der Waals surface area contributed by atoms with Crippen molar-refractivity contribution in [3.05, 3.63) is 35.4 Å². The van der Waals surface area contributed by atoms with Crippen LogP contribution in [-0.2, 0) is 6.42 Å². The number of fused-ring (bicyclic) bond motifs is 1. The van der Waals surface area contributed by atoms with Gasteiger partial charge in [0.25, 0.3) is 0 Å². The molecule has 0 bridgehead atoms. The van der Waals surface area contributed by atoms with Gasteiger partial charge >= 0.3 is 0 Å². The van der Waals surface area contributed by atoms with Crippen molar-refractivity contribution in [2.24, 2.45) is 5.92 Å². The van der Waals surface area contributed by atoms with Gasteiger partial charge in [0.2, 0.25) is 0 Å². The van der Waals surface area contributed by atoms with Crippen molar-refractivity contribution in [3.63, 3.8) is 0 Å². The van der Waals surface area contributed by atoms with Gasteiger partial charge in [-0.3, -0.25) is 4.79 Å². The van der Waals surface area contributed by atoms with E-state index >= 15 is 0 Å². The summed E-state index contributed by atoms with van der Waals surface area (Å²) in [6.45, 7) is 6.30. The molecule has 0 amide bonds. The summed E-state index contributed by atoms with van der Waals surface area (Å²) in [6.07, 6.45) is 3.70. The molecule has 0 N–H and O–H groups in total. The van der Waals surface area contributed by atoms with Gasteiger partial charge < -0.3 is 4.40 Å². The highest BCUT2D eigenvalue weighted by Gasteiger charge is 2.12. The van der Waals surface area contributed by atoms with Gasteiger partial charge in [0.05, 0.1) is 5.52 Å². The van der Waals surface area contributed by atoms with Crippen LogP contribution in [0.4, 0.5) is 0 Å². The zero-order valence-electron chi connectivity index (χ0n) is 9.90. The number of nitrogens with zero attached hydrogens (tertiary/aromatic N) is 2. The highest BCUT2D eigenvalue weighted by molar-refractivity contribution is 5.85. The summed E-state index contributed by atoms with van der Waals surface area (Å²) in [5.41, 5.74) is 2.58. The van der Waals surface area contributed by atoms with Gasteiger partial charge in [-0.2, -0.15) is 0 Å². The largest absolute Gasteiger partial charge is 0.303 e. The molecule has 2 aromatic rings. The van der Waals surface area contributed by atoms with Crippen LogP contribution in [-0.4, -0.2) is 15.7 Å². The lowest BCUT2D eigenvalue weighted by Gasteiger charge is -2.04. The predicted molar refractivity (Wildman–Crippen MR) is 63.9 cm³/mol. The van der Waals surface area contributed by atoms with Crippen LogP contribution < -0.4 is 0 Å². The first-order chi connectivity index (χ1) is 7.63. The Labute approximate surface area is 95.1 Å². The molecule has 3 nitrogen and oxygen atoms in total. The van der Waals surface area contributed by atoms with Crippen LogP contribution in [0.25, 0.3) is 5.52 Å². The molecule has 0 aliphatic carbocycles. The molecule has 0 saturated carbocycles. The van der Waals surface area contributed by atoms with Gasteiger partial charge in [0.15, 0.2) is 6.29 Å². The van der Waals surface area contributed by atoms with Crippen molar-refractivity contribution in [2.75, 3.05) is 0 Å². The van der Waals surface area contributed by atoms with Crippen LogP contribution in [0.15, 0.2) is 18.3 Å². The van der Waals surface area contributed by atoms with Gasteiger partial charge in [0.1, 0.15) is 11.5 Å². The third kappa shape index (κ3) is 1.73. The van der Waals surface area contributed by atoms with Gasteiger partial charge in [-0.15, -0.1) is 0 Å². The third-order valence-electron chi connectivity index (χ3n) is 2.67. The van der Waals surface area contributed by atoms with Gasteiger partial charge in [0, 0.05) is 12.6 Å². The Bertz CT molecular complexity index is 526. The second-order valence-electron chi connectivity index (χ2n) is 4.54. The lowest BCUT2D eigenvalue weighted by molar-refractivity contribution is 0.112. The van der Waals surface area contributed by atoms with Crippen molar-refractivity contribution in [2.45, 2.75) is 27.2 Å². The Morgan fingerprint density at radius 2 is 2.25 bits per heavy atom. The highest BCUT2D eigenvalue weighted by Crippen LogP contribution is 2.18. The number of hydrogen-bond donors (Lipinski definition) is 0. The molecule has 0 atom stereocenters. The van der Waals surface area contributed by atoms with Crippen LogP contribution in [0.1, 0.15) is 35.7 Å². The van der Waals surface area contributed by atoms with Crippen molar-refractivity contribution in [1.82, 2.24) is 9.38 Å². The number of carbonyl (C=O) groups is 1. The summed E-state index contributed by atoms with van der Waals surface area (Å²) < 4.78 is 2.03. The molecule has 0 aliphatic rings. The van der Waals surface area contributed by atoms with E-state index in [2.05, 4.69) is 18.8 Å². The molecule has 2 heterocycles. The maximum Gasteiger partial charge on any atom is 0.170 e. The molecule has 0 spiro atoms. The summed E-state index contributed by atoms with van der Waals surface area (Å²) in [5.74, 6) is 1.50. The van der Waals surface area contributed by atoms with Gasteiger partial charge in [-0.1, -0.05) is 19.9 Å². The SMILES string of the molecule is Cc1cccn2c(CC(C)C)nc(C=O)c12. The molecule has 0 aromatic carbocycles. The number of aryl methyl sites for hydroxylation is 1. The normalized spacial score (nSPS) is 11.2. The minimum Gasteiger partial charge on any atom is -0.303 e. The molecule has 16 heavy (non-hydrogen) atoms. The van der Waals surface area contributed by atoms with E-state index in [0.29, 0.717) is 11.6 Å². The maximum atomic E-state index is 11.0. The average molecular weight is 216 g/mol. The van der Waals surface area contributed by atoms with Crippen LogP contribution >= 0.6 is 0 Å². The predicted octanol–water partition coefficient (Wildman–Crippen LogP) is 2.65. The van der Waals surface area contributed by atoms with Crippen LogP contribution in [0.2, 0.25) is 0 Å². The zero-order valence-corrected chi connectivity index (χ0v) is 9.90. The van der Waals surface area contributed by atoms with Crippen molar-refractivity contribution in [1.29, 1.82) is 0 Å². The lowest BCUT2D eigenvalue weighted by Crippen LogP contribution is -2.00. The topological polar surface area (TPSA) is 34.4 Å². The summed E-state index contributed by atoms with van der Waals surface area (Å²) in [6, 6.07) is 3.99. The van der Waals surface area contributed by atoms with Crippen LogP contribution in [0, 0.1) is 12.8 Å². The van der Waals surface area contributed by atoms with E-state index in [1.54, 1.807) is 0 Å². The fourth-order valence-electron chi connectivity index (χ4n) is 1.99. The fraction of sp³-hybridized carbons (Fsp3) is 0.385. The molecule has 2 rings (SSSR count). The van der Waals surface area contributed by atoms with E-state index in [1.807, 2.05) is 29.7 Å². The van der Waals surface area contributed by atoms with E-state index < -0.39 is 0 Å². The summed E-state index contributed by atoms with van der Waals surface area (Å²) in [5, 5.41) is 0. The van der Waals surface area contributed by atoms with E-state index in [4.69, 9.17) is 0 Å². The molecule has 0 unspecified atom stereocenters. The Kier molecular flexibility index (Phi) is 2.77. The molecule has 0 saturated heterocycles. The molecule has 84 valence electrons. The Morgan fingerprint density at radius 1 is 1.50 bits per heavy atom. The van der Waals surface area contributed by atoms with E-state index in [-0.39, 0.29) is 0 Å². The molecular formula is C13H16N2O. The molecular weight excluding hydrogens is 200 g/mol. The van der Waals surface area contributed by atoms with Crippen molar-refractivity contribution >= 4 is 11.8 Å². The highest BCUT2D eigenvalue weighted by atomic mass is 16.1. The zero-order chi connectivity index (χ0) is 11.7. The summed E-state index contributed by atoms with van der Waals surface area (Å²) in [7, 11) is 0. The van der Waals surface area contributed by atoms with Crippen molar-refractivity contribution in [3.8, 4) is 0 Å². The molecule has 0 radical (unpaired) electrons. The Hall–Kier alpha value is -1.64. The van der Waals surface area contributed by atoms with E-state index in [1.165, 1.54) is 0 Å². The van der Waals surface area contributed by atoms with Crippen LogP contribution in [0.5, 0.6) is 0 Å². The number of pyridine rings is 1. The molecule has 0 fully saturated rings. The fourth-order valence-corrected chi connectivity index (χ4v) is 1.99. The Balaban J connectivity index is 2.68. The standard InChI is InChI=1S/C13H16N2O/c1-9(2)7-12-14-11(8-16)13-10(3)5-4-6-15(12)13/h4-6,8-9H,7H2,1-3H3. The first-order valence-electron chi connectivity index (χ1n) is 5.55. The quantitative estimate of drug-likeness (QED) is 0.739. The second-order valence-corrected chi connectivity index (χ2v) is 4.54. The molecule has 0 aliphatic heterocycles. The lowest BCUT2D eigenvalue weighted by atomic mass is 10.1. The number of carbonyl (C=O) groups excluding carboxylic acids is 1. The maximum absolute atomic E-state index is 11.0. The second kappa shape index (κ2) is 4.08. The number of aromatic nitrogens is 2. The van der Waals surface area contributed by atoms with Crippen molar-refractivity contribution < 1.29 is 4.79 Å². The Morgan fingerprint density at radius 3 is 2.88 bits per heavy atom. The molecule has 3 heteroatoms. The first kappa shape index (κ1) is 10.9.